The summed E-state index contributed by atoms with van der Waals surface area (Å²) < 4.78 is 12.2. The number of aryl methyl sites for hydroxylation is 1. The number of nitrogens with one attached hydrogen (secondary N) is 1. The molecular weight excluding hydrogens is 384 g/mol. The minimum absolute atomic E-state index is 0.166. The third-order valence-corrected chi connectivity index (χ3v) is 5.89. The van der Waals surface area contributed by atoms with Crippen molar-refractivity contribution < 1.29 is 14.3 Å². The number of piperidine rings is 1. The van der Waals surface area contributed by atoms with Crippen molar-refractivity contribution in [3.8, 4) is 17.2 Å². The molecule has 1 amide bonds. The van der Waals surface area contributed by atoms with Crippen LogP contribution >= 0.6 is 0 Å². The molecule has 0 atom stereocenters. The first-order valence-corrected chi connectivity index (χ1v) is 10.0. The van der Waals surface area contributed by atoms with Gasteiger partial charge in [0.25, 0.3) is 11.5 Å². The van der Waals surface area contributed by atoms with E-state index in [0.29, 0.717) is 41.8 Å². The fourth-order valence-electron chi connectivity index (χ4n) is 4.17. The number of H-pyrrole nitrogens is 1. The molecule has 5 rings (SSSR count). The topological polar surface area (TPSA) is 89.4 Å². The van der Waals surface area contributed by atoms with Crippen molar-refractivity contribution in [2.24, 2.45) is 0 Å². The van der Waals surface area contributed by atoms with Crippen LogP contribution in [0.15, 0.2) is 47.5 Å². The maximum Gasteiger partial charge on any atom is 0.268 e. The predicted octanol–water partition coefficient (Wildman–Crippen LogP) is 2.62. The minimum atomic E-state index is -0.324. The molecule has 2 aromatic heterocycles. The first-order chi connectivity index (χ1) is 14.6. The fraction of sp³-hybridized carbons (Fsp3) is 0.318. The molecule has 1 aromatic carbocycles. The summed E-state index contributed by atoms with van der Waals surface area (Å²) in [5.41, 5.74) is 2.31. The van der Waals surface area contributed by atoms with E-state index in [4.69, 9.17) is 9.47 Å². The van der Waals surface area contributed by atoms with E-state index in [9.17, 15) is 9.59 Å². The Morgan fingerprint density at radius 3 is 2.70 bits per heavy atom. The molecule has 0 bridgehead atoms. The maximum atomic E-state index is 13.3. The van der Waals surface area contributed by atoms with E-state index in [0.717, 1.165) is 18.5 Å². The standard InChI is InChI=1S/C22H22N4O4/c1-14-5-11-26(16-2-3-18-19(12-16)30-13-29-18)22(28)20(14)21(27)25-9-6-15(7-10-25)17-4-8-23-24-17/h2-5,8,11-12,15H,6-7,9-10,13H2,1H3,(H,23,24). The Bertz CT molecular complexity index is 1140. The lowest BCUT2D eigenvalue weighted by Gasteiger charge is -2.31. The number of benzene rings is 1. The second kappa shape index (κ2) is 7.37. The Balaban J connectivity index is 1.41. The van der Waals surface area contributed by atoms with Crippen molar-refractivity contribution in [1.29, 1.82) is 0 Å². The fourth-order valence-corrected chi connectivity index (χ4v) is 4.17. The van der Waals surface area contributed by atoms with Crippen molar-refractivity contribution in [1.82, 2.24) is 19.7 Å². The van der Waals surface area contributed by atoms with Gasteiger partial charge >= 0.3 is 0 Å². The largest absolute Gasteiger partial charge is 0.454 e. The van der Waals surface area contributed by atoms with Crippen LogP contribution in [0.5, 0.6) is 11.5 Å². The highest BCUT2D eigenvalue weighted by Crippen LogP contribution is 2.33. The first-order valence-electron chi connectivity index (χ1n) is 10.0. The molecule has 0 radical (unpaired) electrons. The van der Waals surface area contributed by atoms with Gasteiger partial charge in [0.15, 0.2) is 11.5 Å². The van der Waals surface area contributed by atoms with Crippen molar-refractivity contribution >= 4 is 5.91 Å². The third kappa shape index (κ3) is 3.14. The maximum absolute atomic E-state index is 13.3. The SMILES string of the molecule is Cc1ccn(-c2ccc3c(c2)OCO3)c(=O)c1C(=O)N1CCC(c2ccn[nH]2)CC1. The Morgan fingerprint density at radius 1 is 1.13 bits per heavy atom. The highest BCUT2D eigenvalue weighted by molar-refractivity contribution is 5.95. The molecule has 0 saturated carbocycles. The summed E-state index contributed by atoms with van der Waals surface area (Å²) in [6.45, 7) is 3.19. The number of hydrogen-bond acceptors (Lipinski definition) is 5. The van der Waals surface area contributed by atoms with Crippen molar-refractivity contribution in [3.05, 3.63) is 69.9 Å². The number of likely N-dealkylation sites (tertiary alicyclic amines) is 1. The van der Waals surface area contributed by atoms with Gasteiger partial charge in [0, 0.05) is 43.2 Å². The summed E-state index contributed by atoms with van der Waals surface area (Å²) in [7, 11) is 0. The molecule has 2 aliphatic rings. The number of amides is 1. The monoisotopic (exact) mass is 406 g/mol. The molecule has 0 aliphatic carbocycles. The number of rotatable bonds is 3. The average molecular weight is 406 g/mol. The van der Waals surface area contributed by atoms with Crippen LogP contribution in [0.1, 0.15) is 40.4 Å². The molecule has 0 unspecified atom stereocenters. The van der Waals surface area contributed by atoms with Gasteiger partial charge in [0.1, 0.15) is 5.56 Å². The van der Waals surface area contributed by atoms with E-state index in [1.165, 1.54) is 4.57 Å². The number of aromatic amines is 1. The third-order valence-electron chi connectivity index (χ3n) is 5.89. The highest BCUT2D eigenvalue weighted by atomic mass is 16.7. The van der Waals surface area contributed by atoms with Gasteiger partial charge < -0.3 is 14.4 Å². The van der Waals surface area contributed by atoms with E-state index in [1.54, 1.807) is 48.5 Å². The highest BCUT2D eigenvalue weighted by Gasteiger charge is 2.28. The van der Waals surface area contributed by atoms with Gasteiger partial charge in [0.2, 0.25) is 6.79 Å². The molecule has 4 heterocycles. The van der Waals surface area contributed by atoms with Crippen molar-refractivity contribution in [3.63, 3.8) is 0 Å². The number of nitrogens with zero attached hydrogens (tertiary/aromatic N) is 3. The summed E-state index contributed by atoms with van der Waals surface area (Å²) in [5.74, 6) is 1.39. The molecule has 1 saturated heterocycles. The zero-order valence-corrected chi connectivity index (χ0v) is 16.6. The van der Waals surface area contributed by atoms with Crippen molar-refractivity contribution in [2.75, 3.05) is 19.9 Å². The van der Waals surface area contributed by atoms with Crippen LogP contribution in [0, 0.1) is 6.92 Å². The molecule has 8 heteroatoms. The van der Waals surface area contributed by atoms with Crippen LogP contribution in [0.25, 0.3) is 5.69 Å². The second-order valence-electron chi connectivity index (χ2n) is 7.66. The Hall–Kier alpha value is -3.55. The van der Waals surface area contributed by atoms with Crippen LogP contribution in [-0.4, -0.2) is 45.5 Å². The lowest BCUT2D eigenvalue weighted by molar-refractivity contribution is 0.0709. The number of aromatic nitrogens is 3. The molecule has 3 aromatic rings. The first kappa shape index (κ1) is 18.5. The quantitative estimate of drug-likeness (QED) is 0.722. The number of ether oxygens (including phenoxy) is 2. The molecule has 30 heavy (non-hydrogen) atoms. The zero-order chi connectivity index (χ0) is 20.7. The van der Waals surface area contributed by atoms with E-state index in [-0.39, 0.29) is 23.8 Å². The van der Waals surface area contributed by atoms with Gasteiger partial charge in [-0.3, -0.25) is 19.3 Å². The molecule has 154 valence electrons. The molecule has 1 N–H and O–H groups in total. The Morgan fingerprint density at radius 2 is 1.93 bits per heavy atom. The number of carbonyl (C=O) groups excluding carboxylic acids is 1. The summed E-state index contributed by atoms with van der Waals surface area (Å²) in [6.07, 6.45) is 5.13. The average Bonchev–Trinajstić information content (AvgIpc) is 3.45. The smallest absolute Gasteiger partial charge is 0.268 e. The van der Waals surface area contributed by atoms with E-state index in [1.807, 2.05) is 6.07 Å². The Kier molecular flexibility index (Phi) is 4.54. The Labute approximate surface area is 173 Å². The lowest BCUT2D eigenvalue weighted by Crippen LogP contribution is -2.41. The van der Waals surface area contributed by atoms with Crippen LogP contribution in [0.3, 0.4) is 0 Å². The van der Waals surface area contributed by atoms with Gasteiger partial charge in [-0.15, -0.1) is 0 Å². The van der Waals surface area contributed by atoms with Crippen LogP contribution < -0.4 is 15.0 Å². The second-order valence-corrected chi connectivity index (χ2v) is 7.66. The number of fused-ring (bicyclic) bond motifs is 1. The van der Waals surface area contributed by atoms with E-state index >= 15 is 0 Å². The number of carbonyl (C=O) groups is 1. The number of pyridine rings is 1. The normalized spacial score (nSPS) is 16.1. The molecule has 2 aliphatic heterocycles. The van der Waals surface area contributed by atoms with Crippen molar-refractivity contribution in [2.45, 2.75) is 25.7 Å². The molecular formula is C22H22N4O4. The summed E-state index contributed by atoms with van der Waals surface area (Å²) >= 11 is 0. The van der Waals surface area contributed by atoms with Gasteiger partial charge in [-0.2, -0.15) is 5.10 Å². The molecule has 8 nitrogen and oxygen atoms in total. The minimum Gasteiger partial charge on any atom is -0.454 e. The van der Waals surface area contributed by atoms with Crippen LogP contribution in [-0.2, 0) is 0 Å². The molecule has 1 fully saturated rings. The van der Waals surface area contributed by atoms with E-state index < -0.39 is 0 Å². The van der Waals surface area contributed by atoms with Gasteiger partial charge in [-0.25, -0.2) is 0 Å². The molecule has 0 spiro atoms. The summed E-state index contributed by atoms with van der Waals surface area (Å²) in [5, 5.41) is 7.03. The van der Waals surface area contributed by atoms with Gasteiger partial charge in [-0.1, -0.05) is 0 Å². The van der Waals surface area contributed by atoms with Crippen LogP contribution in [0.2, 0.25) is 0 Å². The van der Waals surface area contributed by atoms with E-state index in [2.05, 4.69) is 10.2 Å². The lowest BCUT2D eigenvalue weighted by atomic mass is 9.93. The van der Waals surface area contributed by atoms with Gasteiger partial charge in [-0.05, 0) is 49.6 Å². The van der Waals surface area contributed by atoms with Crippen LogP contribution in [0.4, 0.5) is 0 Å². The number of hydrogen-bond donors (Lipinski definition) is 1. The zero-order valence-electron chi connectivity index (χ0n) is 16.6. The summed E-state index contributed by atoms with van der Waals surface area (Å²) in [4.78, 5) is 28.3. The summed E-state index contributed by atoms with van der Waals surface area (Å²) in [6, 6.07) is 9.09. The van der Waals surface area contributed by atoms with Gasteiger partial charge in [0.05, 0.1) is 5.69 Å². The predicted molar refractivity (Wildman–Crippen MR) is 109 cm³/mol.